The van der Waals surface area contributed by atoms with Crippen molar-refractivity contribution in [2.75, 3.05) is 5.32 Å². The van der Waals surface area contributed by atoms with Gasteiger partial charge in [-0.25, -0.2) is 4.98 Å². The third-order valence-electron chi connectivity index (χ3n) is 3.06. The van der Waals surface area contributed by atoms with Crippen molar-refractivity contribution < 1.29 is 4.79 Å². The number of anilines is 1. The normalized spacial score (nSPS) is 10.6. The molecular weight excluding hydrogens is 238 g/mol. The van der Waals surface area contributed by atoms with Crippen LogP contribution < -0.4 is 5.32 Å². The highest BCUT2D eigenvalue weighted by molar-refractivity contribution is 6.05. The number of aryl methyl sites for hydroxylation is 1. The van der Waals surface area contributed by atoms with Crippen molar-refractivity contribution in [2.45, 2.75) is 6.92 Å². The van der Waals surface area contributed by atoms with Crippen LogP contribution in [-0.4, -0.2) is 15.9 Å². The van der Waals surface area contributed by atoms with Gasteiger partial charge in [0.05, 0.1) is 0 Å². The first kappa shape index (κ1) is 11.5. The summed E-state index contributed by atoms with van der Waals surface area (Å²) in [6, 6.07) is 11.3. The molecule has 2 aromatic heterocycles. The lowest BCUT2D eigenvalue weighted by molar-refractivity contribution is 0.102. The van der Waals surface area contributed by atoms with Gasteiger partial charge in [-0.3, -0.25) is 4.79 Å². The van der Waals surface area contributed by atoms with Crippen molar-refractivity contribution in [3.05, 3.63) is 59.9 Å². The van der Waals surface area contributed by atoms with Crippen LogP contribution in [0.1, 0.15) is 15.9 Å². The molecule has 2 N–H and O–H groups in total. The summed E-state index contributed by atoms with van der Waals surface area (Å²) in [6.07, 6.45) is 3.52. The Morgan fingerprint density at radius 2 is 2.16 bits per heavy atom. The number of amides is 1. The Morgan fingerprint density at radius 3 is 3.00 bits per heavy atom. The van der Waals surface area contributed by atoms with Gasteiger partial charge >= 0.3 is 0 Å². The van der Waals surface area contributed by atoms with E-state index >= 15 is 0 Å². The molecule has 0 aliphatic rings. The van der Waals surface area contributed by atoms with E-state index in [0.717, 1.165) is 16.5 Å². The summed E-state index contributed by atoms with van der Waals surface area (Å²) in [4.78, 5) is 19.4. The fourth-order valence-electron chi connectivity index (χ4n) is 1.99. The van der Waals surface area contributed by atoms with Crippen LogP contribution in [0.25, 0.3) is 10.9 Å². The second-order valence-electron chi connectivity index (χ2n) is 4.40. The van der Waals surface area contributed by atoms with Crippen LogP contribution in [-0.2, 0) is 0 Å². The van der Waals surface area contributed by atoms with Gasteiger partial charge in [0, 0.05) is 23.5 Å². The Kier molecular flexibility index (Phi) is 2.76. The molecule has 94 valence electrons. The first-order valence-electron chi connectivity index (χ1n) is 6.04. The maximum Gasteiger partial charge on any atom is 0.256 e. The van der Waals surface area contributed by atoms with Gasteiger partial charge in [-0.05, 0) is 42.1 Å². The van der Waals surface area contributed by atoms with E-state index in [1.165, 1.54) is 0 Å². The minimum absolute atomic E-state index is 0.154. The largest absolute Gasteiger partial charge is 0.361 e. The summed E-state index contributed by atoms with van der Waals surface area (Å²) in [6.45, 7) is 1.91. The van der Waals surface area contributed by atoms with E-state index in [1.807, 2.05) is 49.5 Å². The lowest BCUT2D eigenvalue weighted by Gasteiger charge is -2.06. The van der Waals surface area contributed by atoms with E-state index in [2.05, 4.69) is 15.3 Å². The first-order valence-corrected chi connectivity index (χ1v) is 6.04. The predicted molar refractivity (Wildman–Crippen MR) is 75.2 cm³/mol. The Hall–Kier alpha value is -2.62. The summed E-state index contributed by atoms with van der Waals surface area (Å²) in [5.41, 5.74) is 2.50. The van der Waals surface area contributed by atoms with Crippen LogP contribution in [0.2, 0.25) is 0 Å². The molecule has 4 nitrogen and oxygen atoms in total. The zero-order valence-electron chi connectivity index (χ0n) is 10.5. The molecule has 1 amide bonds. The maximum absolute atomic E-state index is 12.2. The van der Waals surface area contributed by atoms with Gasteiger partial charge in [-0.2, -0.15) is 0 Å². The van der Waals surface area contributed by atoms with Crippen LogP contribution in [0.5, 0.6) is 0 Å². The summed E-state index contributed by atoms with van der Waals surface area (Å²) >= 11 is 0. The van der Waals surface area contributed by atoms with E-state index in [9.17, 15) is 4.79 Å². The Balaban J connectivity index is 1.89. The van der Waals surface area contributed by atoms with Gasteiger partial charge in [-0.1, -0.05) is 12.1 Å². The second kappa shape index (κ2) is 4.57. The van der Waals surface area contributed by atoms with Crippen molar-refractivity contribution in [3.8, 4) is 0 Å². The summed E-state index contributed by atoms with van der Waals surface area (Å²) in [5, 5.41) is 3.91. The topological polar surface area (TPSA) is 57.8 Å². The van der Waals surface area contributed by atoms with E-state index in [0.29, 0.717) is 11.4 Å². The molecule has 3 rings (SSSR count). The van der Waals surface area contributed by atoms with Crippen molar-refractivity contribution >= 4 is 22.6 Å². The zero-order valence-corrected chi connectivity index (χ0v) is 10.5. The van der Waals surface area contributed by atoms with E-state index in [1.54, 1.807) is 6.20 Å². The average Bonchev–Trinajstić information content (AvgIpc) is 2.88. The third-order valence-corrected chi connectivity index (χ3v) is 3.06. The highest BCUT2D eigenvalue weighted by atomic mass is 16.1. The third kappa shape index (κ3) is 2.20. The van der Waals surface area contributed by atoms with Crippen LogP contribution >= 0.6 is 0 Å². The number of rotatable bonds is 2. The SMILES string of the molecule is Cc1cccnc1NC(=O)c1ccc2cc[nH]c2c1. The van der Waals surface area contributed by atoms with Gasteiger partial charge in [0.25, 0.3) is 5.91 Å². The smallest absolute Gasteiger partial charge is 0.256 e. The number of nitrogens with zero attached hydrogens (tertiary/aromatic N) is 1. The maximum atomic E-state index is 12.2. The molecule has 0 radical (unpaired) electrons. The van der Waals surface area contributed by atoms with E-state index in [-0.39, 0.29) is 5.91 Å². The van der Waals surface area contributed by atoms with Gasteiger partial charge in [0.1, 0.15) is 5.82 Å². The molecule has 0 spiro atoms. The average molecular weight is 251 g/mol. The van der Waals surface area contributed by atoms with Gasteiger partial charge in [-0.15, -0.1) is 0 Å². The van der Waals surface area contributed by atoms with Gasteiger partial charge < -0.3 is 10.3 Å². The molecule has 19 heavy (non-hydrogen) atoms. The molecular formula is C15H13N3O. The monoisotopic (exact) mass is 251 g/mol. The quantitative estimate of drug-likeness (QED) is 0.735. The van der Waals surface area contributed by atoms with Crippen molar-refractivity contribution in [1.82, 2.24) is 9.97 Å². The molecule has 0 saturated heterocycles. The summed E-state index contributed by atoms with van der Waals surface area (Å²) in [5.74, 6) is 0.442. The lowest BCUT2D eigenvalue weighted by atomic mass is 10.1. The molecule has 2 heterocycles. The summed E-state index contributed by atoms with van der Waals surface area (Å²) < 4.78 is 0. The molecule has 1 aromatic carbocycles. The molecule has 0 atom stereocenters. The van der Waals surface area contributed by atoms with E-state index < -0.39 is 0 Å². The Morgan fingerprint density at radius 1 is 1.26 bits per heavy atom. The number of nitrogens with one attached hydrogen (secondary N) is 2. The molecule has 0 bridgehead atoms. The number of carbonyl (C=O) groups is 1. The fourth-order valence-corrected chi connectivity index (χ4v) is 1.99. The standard InChI is InChI=1S/C15H13N3O/c1-10-3-2-7-17-14(10)18-15(19)12-5-4-11-6-8-16-13(11)9-12/h2-9,16H,1H3,(H,17,18,19). The number of carbonyl (C=O) groups excluding carboxylic acids is 1. The van der Waals surface area contributed by atoms with Crippen molar-refractivity contribution in [3.63, 3.8) is 0 Å². The van der Waals surface area contributed by atoms with Gasteiger partial charge in [0.2, 0.25) is 0 Å². The fraction of sp³-hybridized carbons (Fsp3) is 0.0667. The molecule has 0 saturated carbocycles. The number of fused-ring (bicyclic) bond motifs is 1. The predicted octanol–water partition coefficient (Wildman–Crippen LogP) is 3.12. The minimum Gasteiger partial charge on any atom is -0.361 e. The minimum atomic E-state index is -0.154. The Labute approximate surface area is 110 Å². The number of benzene rings is 1. The number of hydrogen-bond donors (Lipinski definition) is 2. The zero-order chi connectivity index (χ0) is 13.2. The van der Waals surface area contributed by atoms with Crippen LogP contribution in [0.15, 0.2) is 48.8 Å². The number of H-pyrrole nitrogens is 1. The number of pyridine rings is 1. The second-order valence-corrected chi connectivity index (χ2v) is 4.40. The van der Waals surface area contributed by atoms with Crippen LogP contribution in [0, 0.1) is 6.92 Å². The molecule has 4 heteroatoms. The summed E-state index contributed by atoms with van der Waals surface area (Å²) in [7, 11) is 0. The number of hydrogen-bond acceptors (Lipinski definition) is 2. The molecule has 0 unspecified atom stereocenters. The Bertz CT molecular complexity index is 746. The lowest BCUT2D eigenvalue weighted by Crippen LogP contribution is -2.13. The molecule has 0 fully saturated rings. The van der Waals surface area contributed by atoms with Gasteiger partial charge in [0.15, 0.2) is 0 Å². The van der Waals surface area contributed by atoms with Crippen LogP contribution in [0.3, 0.4) is 0 Å². The van der Waals surface area contributed by atoms with Crippen molar-refractivity contribution in [1.29, 1.82) is 0 Å². The molecule has 3 aromatic rings. The molecule has 0 aliphatic heterocycles. The highest BCUT2D eigenvalue weighted by Crippen LogP contribution is 2.16. The molecule has 0 aliphatic carbocycles. The number of aromatic nitrogens is 2. The highest BCUT2D eigenvalue weighted by Gasteiger charge is 2.09. The first-order chi connectivity index (χ1) is 9.24. The van der Waals surface area contributed by atoms with E-state index in [4.69, 9.17) is 0 Å². The number of aromatic amines is 1. The van der Waals surface area contributed by atoms with Crippen molar-refractivity contribution in [2.24, 2.45) is 0 Å². The van der Waals surface area contributed by atoms with Crippen LogP contribution in [0.4, 0.5) is 5.82 Å².